The van der Waals surface area contributed by atoms with Crippen molar-refractivity contribution in [3.8, 4) is 5.75 Å². The Morgan fingerprint density at radius 3 is 2.76 bits per heavy atom. The molecule has 0 unspecified atom stereocenters. The van der Waals surface area contributed by atoms with Gasteiger partial charge in [0.1, 0.15) is 12.4 Å². The van der Waals surface area contributed by atoms with Crippen molar-refractivity contribution >= 4 is 0 Å². The summed E-state index contributed by atoms with van der Waals surface area (Å²) in [6, 6.07) is 10.0. The van der Waals surface area contributed by atoms with Gasteiger partial charge in [-0.15, -0.1) is 0 Å². The van der Waals surface area contributed by atoms with Crippen LogP contribution in [0, 0.1) is 6.92 Å². The van der Waals surface area contributed by atoms with Crippen LogP contribution in [0.15, 0.2) is 42.7 Å². The summed E-state index contributed by atoms with van der Waals surface area (Å²) in [5.41, 5.74) is 8.82. The Morgan fingerprint density at radius 1 is 1.18 bits per heavy atom. The van der Waals surface area contributed by atoms with Crippen molar-refractivity contribution in [3.63, 3.8) is 0 Å². The average molecular weight is 228 g/mol. The van der Waals surface area contributed by atoms with Crippen LogP contribution in [0.5, 0.6) is 5.75 Å². The zero-order valence-electron chi connectivity index (χ0n) is 9.89. The maximum Gasteiger partial charge on any atom is 0.120 e. The molecule has 0 aliphatic carbocycles. The maximum atomic E-state index is 5.69. The summed E-state index contributed by atoms with van der Waals surface area (Å²) < 4.78 is 5.69. The number of pyridine rings is 1. The second-order valence-electron chi connectivity index (χ2n) is 4.01. The number of aromatic nitrogens is 1. The van der Waals surface area contributed by atoms with Crippen molar-refractivity contribution in [1.82, 2.24) is 4.98 Å². The Hall–Kier alpha value is -1.87. The van der Waals surface area contributed by atoms with E-state index in [1.165, 1.54) is 5.56 Å². The van der Waals surface area contributed by atoms with E-state index in [0.717, 1.165) is 16.9 Å². The van der Waals surface area contributed by atoms with Crippen molar-refractivity contribution in [2.75, 3.05) is 0 Å². The highest BCUT2D eigenvalue weighted by Gasteiger charge is 1.98. The Morgan fingerprint density at radius 2 is 2.00 bits per heavy atom. The van der Waals surface area contributed by atoms with E-state index in [1.807, 2.05) is 37.3 Å². The molecule has 1 heterocycles. The third kappa shape index (κ3) is 3.29. The van der Waals surface area contributed by atoms with Gasteiger partial charge in [0.15, 0.2) is 0 Å². The second-order valence-corrected chi connectivity index (χ2v) is 4.01. The molecule has 0 saturated heterocycles. The summed E-state index contributed by atoms with van der Waals surface area (Å²) >= 11 is 0. The minimum atomic E-state index is 0.505. The Balaban J connectivity index is 2.02. The van der Waals surface area contributed by atoms with Gasteiger partial charge in [-0.1, -0.05) is 12.1 Å². The molecular weight excluding hydrogens is 212 g/mol. The first-order chi connectivity index (χ1) is 8.28. The number of rotatable bonds is 4. The van der Waals surface area contributed by atoms with Gasteiger partial charge in [-0.3, -0.25) is 4.98 Å². The zero-order chi connectivity index (χ0) is 12.1. The molecule has 0 spiro atoms. The fourth-order valence-electron chi connectivity index (χ4n) is 1.60. The second kappa shape index (κ2) is 5.46. The molecule has 17 heavy (non-hydrogen) atoms. The Bertz CT molecular complexity index is 497. The molecule has 0 saturated carbocycles. The minimum Gasteiger partial charge on any atom is -0.489 e. The number of hydrogen-bond acceptors (Lipinski definition) is 3. The molecule has 88 valence electrons. The lowest BCUT2D eigenvalue weighted by molar-refractivity contribution is 0.305. The van der Waals surface area contributed by atoms with Gasteiger partial charge in [0.05, 0.1) is 0 Å². The number of hydrogen-bond donors (Lipinski definition) is 1. The molecule has 0 fully saturated rings. The van der Waals surface area contributed by atoms with Crippen LogP contribution in [0.3, 0.4) is 0 Å². The molecule has 1 aromatic carbocycles. The zero-order valence-corrected chi connectivity index (χ0v) is 9.89. The monoisotopic (exact) mass is 228 g/mol. The summed E-state index contributed by atoms with van der Waals surface area (Å²) in [7, 11) is 0. The number of nitrogens with zero attached hydrogens (tertiary/aromatic N) is 1. The summed E-state index contributed by atoms with van der Waals surface area (Å²) in [6.45, 7) is 3.07. The average Bonchev–Trinajstić information content (AvgIpc) is 2.37. The number of benzene rings is 1. The molecule has 0 aliphatic rings. The molecule has 0 aliphatic heterocycles. The summed E-state index contributed by atoms with van der Waals surface area (Å²) in [6.07, 6.45) is 3.57. The van der Waals surface area contributed by atoms with Crippen LogP contribution in [-0.2, 0) is 13.2 Å². The molecule has 0 amide bonds. The van der Waals surface area contributed by atoms with E-state index < -0.39 is 0 Å². The van der Waals surface area contributed by atoms with Crippen molar-refractivity contribution in [1.29, 1.82) is 0 Å². The van der Waals surface area contributed by atoms with Crippen molar-refractivity contribution < 1.29 is 4.74 Å². The normalized spacial score (nSPS) is 10.2. The minimum absolute atomic E-state index is 0.505. The van der Waals surface area contributed by atoms with Crippen molar-refractivity contribution in [2.24, 2.45) is 5.73 Å². The fourth-order valence-corrected chi connectivity index (χ4v) is 1.60. The summed E-state index contributed by atoms with van der Waals surface area (Å²) in [4.78, 5) is 4.13. The molecule has 2 aromatic rings. The predicted molar refractivity (Wildman–Crippen MR) is 67.6 cm³/mol. The van der Waals surface area contributed by atoms with E-state index in [9.17, 15) is 0 Å². The van der Waals surface area contributed by atoms with Crippen LogP contribution in [-0.4, -0.2) is 4.98 Å². The smallest absolute Gasteiger partial charge is 0.120 e. The first-order valence-electron chi connectivity index (χ1n) is 5.60. The molecule has 2 rings (SSSR count). The van der Waals surface area contributed by atoms with Crippen LogP contribution >= 0.6 is 0 Å². The molecule has 0 atom stereocenters. The Labute approximate surface area is 101 Å². The van der Waals surface area contributed by atoms with Gasteiger partial charge in [-0.05, 0) is 36.2 Å². The van der Waals surface area contributed by atoms with Crippen LogP contribution in [0.4, 0.5) is 0 Å². The third-order valence-electron chi connectivity index (χ3n) is 2.48. The van der Waals surface area contributed by atoms with Crippen LogP contribution in [0.25, 0.3) is 0 Å². The SMILES string of the molecule is Cc1cccc(OCc2cncc(CN)c2)c1. The molecule has 2 N–H and O–H groups in total. The van der Waals surface area contributed by atoms with Crippen LogP contribution < -0.4 is 10.5 Å². The molecule has 0 bridgehead atoms. The lowest BCUT2D eigenvalue weighted by Gasteiger charge is -2.07. The number of ether oxygens (including phenoxy) is 1. The lowest BCUT2D eigenvalue weighted by Crippen LogP contribution is -2.01. The van der Waals surface area contributed by atoms with Crippen LogP contribution in [0.2, 0.25) is 0 Å². The highest BCUT2D eigenvalue weighted by atomic mass is 16.5. The molecule has 1 aromatic heterocycles. The number of nitrogens with two attached hydrogens (primary N) is 1. The molecule has 3 heteroatoms. The van der Waals surface area contributed by atoms with Gasteiger partial charge in [0.2, 0.25) is 0 Å². The quantitative estimate of drug-likeness (QED) is 0.874. The van der Waals surface area contributed by atoms with Gasteiger partial charge in [-0.25, -0.2) is 0 Å². The summed E-state index contributed by atoms with van der Waals surface area (Å²) in [5.74, 6) is 0.878. The largest absolute Gasteiger partial charge is 0.489 e. The molecular formula is C14H16N2O. The highest BCUT2D eigenvalue weighted by molar-refractivity contribution is 5.28. The van der Waals surface area contributed by atoms with E-state index in [2.05, 4.69) is 4.98 Å². The fraction of sp³-hybridized carbons (Fsp3) is 0.214. The van der Waals surface area contributed by atoms with Gasteiger partial charge in [-0.2, -0.15) is 0 Å². The van der Waals surface area contributed by atoms with E-state index in [1.54, 1.807) is 12.4 Å². The first kappa shape index (κ1) is 11.6. The summed E-state index contributed by atoms with van der Waals surface area (Å²) in [5, 5.41) is 0. The van der Waals surface area contributed by atoms with E-state index >= 15 is 0 Å². The van der Waals surface area contributed by atoms with Gasteiger partial charge in [0.25, 0.3) is 0 Å². The van der Waals surface area contributed by atoms with E-state index in [-0.39, 0.29) is 0 Å². The predicted octanol–water partition coefficient (Wildman–Crippen LogP) is 2.43. The standard InChI is InChI=1S/C14H16N2O/c1-11-3-2-4-14(5-11)17-10-13-6-12(7-15)8-16-9-13/h2-6,8-9H,7,10,15H2,1H3. The highest BCUT2D eigenvalue weighted by Crippen LogP contribution is 2.14. The maximum absolute atomic E-state index is 5.69. The number of aryl methyl sites for hydroxylation is 1. The third-order valence-corrected chi connectivity index (χ3v) is 2.48. The first-order valence-corrected chi connectivity index (χ1v) is 5.60. The van der Waals surface area contributed by atoms with Crippen LogP contribution in [0.1, 0.15) is 16.7 Å². The lowest BCUT2D eigenvalue weighted by atomic mass is 10.2. The van der Waals surface area contributed by atoms with Gasteiger partial charge < -0.3 is 10.5 Å². The topological polar surface area (TPSA) is 48.1 Å². The van der Waals surface area contributed by atoms with E-state index in [4.69, 9.17) is 10.5 Å². The van der Waals surface area contributed by atoms with Gasteiger partial charge >= 0.3 is 0 Å². The molecule has 3 nitrogen and oxygen atoms in total. The molecule has 0 radical (unpaired) electrons. The van der Waals surface area contributed by atoms with E-state index in [0.29, 0.717) is 13.2 Å². The van der Waals surface area contributed by atoms with Crippen molar-refractivity contribution in [2.45, 2.75) is 20.1 Å². The Kier molecular flexibility index (Phi) is 3.73. The van der Waals surface area contributed by atoms with Gasteiger partial charge in [0, 0.05) is 24.5 Å². The van der Waals surface area contributed by atoms with Crippen molar-refractivity contribution in [3.05, 3.63) is 59.4 Å².